The summed E-state index contributed by atoms with van der Waals surface area (Å²) in [5, 5.41) is 8.83. The Morgan fingerprint density at radius 3 is 2.95 bits per heavy atom. The molecule has 3 aromatic heterocycles. The normalized spacial score (nSPS) is 11.3. The first-order valence-electron chi connectivity index (χ1n) is 5.55. The van der Waals surface area contributed by atoms with Crippen LogP contribution in [0.2, 0.25) is 5.15 Å². The number of fused-ring (bicyclic) bond motifs is 1. The molecule has 0 radical (unpaired) electrons. The van der Waals surface area contributed by atoms with Gasteiger partial charge in [-0.2, -0.15) is 5.10 Å². The van der Waals surface area contributed by atoms with Crippen LogP contribution in [0.3, 0.4) is 0 Å². The highest BCUT2D eigenvalue weighted by Crippen LogP contribution is 2.33. The molecule has 0 saturated heterocycles. The number of nitrogens with one attached hydrogen (secondary N) is 1. The molecule has 3 aromatic rings. The van der Waals surface area contributed by atoms with Gasteiger partial charge in [-0.1, -0.05) is 23.4 Å². The Kier molecular flexibility index (Phi) is 3.42. The van der Waals surface area contributed by atoms with Crippen LogP contribution in [-0.4, -0.2) is 25.1 Å². The molecule has 0 amide bonds. The molecule has 1 N–H and O–H groups in total. The van der Waals surface area contributed by atoms with Gasteiger partial charge in [0.05, 0.1) is 11.1 Å². The van der Waals surface area contributed by atoms with Crippen LogP contribution in [0.25, 0.3) is 10.2 Å². The van der Waals surface area contributed by atoms with Crippen molar-refractivity contribution in [2.45, 2.75) is 24.8 Å². The van der Waals surface area contributed by atoms with Gasteiger partial charge in [-0.15, -0.1) is 11.3 Å². The topological polar surface area (TPSA) is 67.3 Å². The minimum absolute atomic E-state index is 0.528. The van der Waals surface area contributed by atoms with Crippen LogP contribution in [0.1, 0.15) is 16.3 Å². The van der Waals surface area contributed by atoms with E-state index in [4.69, 9.17) is 11.6 Å². The van der Waals surface area contributed by atoms with Gasteiger partial charge in [-0.3, -0.25) is 5.10 Å². The van der Waals surface area contributed by atoms with Crippen molar-refractivity contribution in [2.24, 2.45) is 0 Å². The van der Waals surface area contributed by atoms with E-state index in [9.17, 15) is 0 Å². The number of hydrogen-bond donors (Lipinski definition) is 1. The van der Waals surface area contributed by atoms with Crippen molar-refractivity contribution in [1.82, 2.24) is 25.1 Å². The summed E-state index contributed by atoms with van der Waals surface area (Å²) in [6.07, 6.45) is 1.48. The number of H-pyrrole nitrogens is 1. The molecular weight excluding hydrogens is 302 g/mol. The number of hydrogen-bond acceptors (Lipinski definition) is 6. The second-order valence-corrected chi connectivity index (χ2v) is 6.50. The highest BCUT2D eigenvalue weighted by atomic mass is 35.5. The molecule has 0 saturated carbocycles. The third kappa shape index (κ3) is 2.45. The van der Waals surface area contributed by atoms with Crippen molar-refractivity contribution in [3.05, 3.63) is 27.7 Å². The lowest BCUT2D eigenvalue weighted by Gasteiger charge is -2.00. The molecule has 0 unspecified atom stereocenters. The van der Waals surface area contributed by atoms with Gasteiger partial charge in [0, 0.05) is 4.88 Å². The first kappa shape index (κ1) is 12.8. The van der Waals surface area contributed by atoms with Crippen molar-refractivity contribution in [1.29, 1.82) is 0 Å². The molecule has 0 bridgehead atoms. The molecular formula is C11H10ClN5S2. The van der Waals surface area contributed by atoms with Gasteiger partial charge in [0.15, 0.2) is 5.16 Å². The zero-order valence-corrected chi connectivity index (χ0v) is 12.7. The van der Waals surface area contributed by atoms with Gasteiger partial charge in [-0.05, 0) is 19.4 Å². The van der Waals surface area contributed by atoms with Crippen LogP contribution in [0.5, 0.6) is 0 Å². The predicted molar refractivity (Wildman–Crippen MR) is 77.8 cm³/mol. The Bertz CT molecular complexity index is 722. The van der Waals surface area contributed by atoms with E-state index in [1.807, 2.05) is 6.92 Å². The van der Waals surface area contributed by atoms with Crippen molar-refractivity contribution in [3.8, 4) is 0 Å². The summed E-state index contributed by atoms with van der Waals surface area (Å²) in [5.41, 5.74) is 1.17. The molecule has 0 aliphatic carbocycles. The van der Waals surface area contributed by atoms with E-state index in [0.717, 1.165) is 15.4 Å². The fourth-order valence-electron chi connectivity index (χ4n) is 1.70. The van der Waals surface area contributed by atoms with Crippen LogP contribution in [0, 0.1) is 13.8 Å². The lowest BCUT2D eigenvalue weighted by molar-refractivity contribution is 0.968. The molecule has 0 aliphatic rings. The molecule has 0 fully saturated rings. The SMILES string of the molecule is Cc1sc2nc(CSc3ncn[nH]3)nc(Cl)c2c1C. The largest absolute Gasteiger partial charge is 0.254 e. The van der Waals surface area contributed by atoms with E-state index in [0.29, 0.717) is 16.7 Å². The molecule has 3 heterocycles. The first-order valence-corrected chi connectivity index (χ1v) is 7.73. The summed E-state index contributed by atoms with van der Waals surface area (Å²) < 4.78 is 0. The number of aryl methyl sites for hydroxylation is 2. The monoisotopic (exact) mass is 311 g/mol. The highest BCUT2D eigenvalue weighted by Gasteiger charge is 2.13. The molecule has 5 nitrogen and oxygen atoms in total. The van der Waals surface area contributed by atoms with E-state index >= 15 is 0 Å². The van der Waals surface area contributed by atoms with Crippen LogP contribution >= 0.6 is 34.7 Å². The van der Waals surface area contributed by atoms with E-state index in [1.165, 1.54) is 28.5 Å². The summed E-state index contributed by atoms with van der Waals surface area (Å²) in [6, 6.07) is 0. The standard InChI is InChI=1S/C11H10ClN5S2/c1-5-6(2)19-10-8(5)9(12)15-7(16-10)3-18-11-13-4-14-17-11/h4H,3H2,1-2H3,(H,13,14,17). The molecule has 0 aliphatic heterocycles. The summed E-state index contributed by atoms with van der Waals surface area (Å²) in [5.74, 6) is 1.32. The minimum atomic E-state index is 0.528. The predicted octanol–water partition coefficient (Wildman–Crippen LogP) is 3.37. The maximum absolute atomic E-state index is 6.25. The van der Waals surface area contributed by atoms with Crippen molar-refractivity contribution in [2.75, 3.05) is 0 Å². The van der Waals surface area contributed by atoms with Gasteiger partial charge in [0.1, 0.15) is 22.1 Å². The Labute approximate surface area is 122 Å². The van der Waals surface area contributed by atoms with E-state index < -0.39 is 0 Å². The highest BCUT2D eigenvalue weighted by molar-refractivity contribution is 7.98. The van der Waals surface area contributed by atoms with Crippen LogP contribution < -0.4 is 0 Å². The van der Waals surface area contributed by atoms with Crippen LogP contribution in [0.15, 0.2) is 11.5 Å². The molecule has 3 rings (SSSR count). The average Bonchev–Trinajstić information content (AvgIpc) is 2.96. The second kappa shape index (κ2) is 5.07. The summed E-state index contributed by atoms with van der Waals surface area (Å²) in [6.45, 7) is 4.12. The smallest absolute Gasteiger partial charge is 0.183 e. The summed E-state index contributed by atoms with van der Waals surface area (Å²) in [7, 11) is 0. The molecule has 0 atom stereocenters. The Morgan fingerprint density at radius 2 is 2.21 bits per heavy atom. The van der Waals surface area contributed by atoms with Crippen LogP contribution in [-0.2, 0) is 5.75 Å². The van der Waals surface area contributed by atoms with Gasteiger partial charge in [0.25, 0.3) is 0 Å². The van der Waals surface area contributed by atoms with Crippen molar-refractivity contribution >= 4 is 44.9 Å². The minimum Gasteiger partial charge on any atom is -0.254 e. The molecule has 0 aromatic carbocycles. The lowest BCUT2D eigenvalue weighted by Crippen LogP contribution is -1.93. The molecule has 19 heavy (non-hydrogen) atoms. The zero-order valence-electron chi connectivity index (χ0n) is 10.3. The Balaban J connectivity index is 1.92. The maximum atomic E-state index is 6.25. The van der Waals surface area contributed by atoms with Gasteiger partial charge in [-0.25, -0.2) is 15.0 Å². The first-order chi connectivity index (χ1) is 9.15. The fraction of sp³-hybridized carbons (Fsp3) is 0.273. The van der Waals surface area contributed by atoms with Gasteiger partial charge in [0.2, 0.25) is 0 Å². The van der Waals surface area contributed by atoms with Gasteiger partial charge < -0.3 is 0 Å². The van der Waals surface area contributed by atoms with E-state index in [2.05, 4.69) is 32.1 Å². The second-order valence-electron chi connectivity index (χ2n) is 3.97. The van der Waals surface area contributed by atoms with Crippen molar-refractivity contribution < 1.29 is 0 Å². The third-order valence-corrected chi connectivity index (χ3v) is 5.01. The number of aromatic amines is 1. The van der Waals surface area contributed by atoms with Gasteiger partial charge >= 0.3 is 0 Å². The molecule has 0 spiro atoms. The number of nitrogens with zero attached hydrogens (tertiary/aromatic N) is 4. The number of thioether (sulfide) groups is 1. The fourth-order valence-corrected chi connectivity index (χ4v) is 3.77. The lowest BCUT2D eigenvalue weighted by atomic mass is 10.2. The number of halogens is 1. The summed E-state index contributed by atoms with van der Waals surface area (Å²) >= 11 is 9.40. The quantitative estimate of drug-likeness (QED) is 0.593. The third-order valence-electron chi connectivity index (χ3n) is 2.76. The average molecular weight is 312 g/mol. The Hall–Kier alpha value is -1.18. The number of aromatic nitrogens is 5. The zero-order chi connectivity index (χ0) is 13.4. The number of rotatable bonds is 3. The number of thiophene rings is 1. The maximum Gasteiger partial charge on any atom is 0.183 e. The van der Waals surface area contributed by atoms with E-state index in [1.54, 1.807) is 11.3 Å². The van der Waals surface area contributed by atoms with Crippen LogP contribution in [0.4, 0.5) is 0 Å². The summed E-state index contributed by atoms with van der Waals surface area (Å²) in [4.78, 5) is 15.1. The Morgan fingerprint density at radius 1 is 1.37 bits per heavy atom. The molecule has 8 heteroatoms. The molecule has 98 valence electrons. The van der Waals surface area contributed by atoms with E-state index in [-0.39, 0.29) is 0 Å². The van der Waals surface area contributed by atoms with Crippen molar-refractivity contribution in [3.63, 3.8) is 0 Å².